The van der Waals surface area contributed by atoms with Crippen LogP contribution in [0.15, 0.2) is 52.9 Å². The Bertz CT molecular complexity index is 1130. The molecule has 0 aliphatic carbocycles. The topological polar surface area (TPSA) is 54.2 Å². The lowest BCUT2D eigenvalue weighted by Gasteiger charge is -2.20. The molecule has 0 fully saturated rings. The Morgan fingerprint density at radius 1 is 1.03 bits per heavy atom. The van der Waals surface area contributed by atoms with E-state index in [1.165, 1.54) is 0 Å². The lowest BCUT2D eigenvalue weighted by Crippen LogP contribution is -2.25. The molecule has 2 aromatic heterocycles. The van der Waals surface area contributed by atoms with Crippen molar-refractivity contribution in [3.8, 4) is 11.6 Å². The number of fused-ring (bicyclic) bond motifs is 2. The highest BCUT2D eigenvalue weighted by molar-refractivity contribution is 5.93. The average molecular weight is 417 g/mol. The smallest absolute Gasteiger partial charge is 0.198 e. The van der Waals surface area contributed by atoms with Crippen molar-refractivity contribution in [2.45, 2.75) is 46.6 Å². The molecule has 0 bridgehead atoms. The van der Waals surface area contributed by atoms with E-state index in [1.807, 2.05) is 30.3 Å². The monoisotopic (exact) mass is 416 g/mol. The summed E-state index contributed by atoms with van der Waals surface area (Å²) in [6.07, 6.45) is 2.25. The number of nitrogens with zero attached hydrogens (tertiary/aromatic N) is 3. The molecule has 0 saturated carbocycles. The average Bonchev–Trinajstić information content (AvgIpc) is 3.21. The van der Waals surface area contributed by atoms with Crippen molar-refractivity contribution in [3.05, 3.63) is 54.1 Å². The summed E-state index contributed by atoms with van der Waals surface area (Å²) in [5.74, 6) is 2.19. The molecule has 0 aliphatic heterocycles. The summed E-state index contributed by atoms with van der Waals surface area (Å²) in [4.78, 5) is 12.2. The van der Waals surface area contributed by atoms with Crippen molar-refractivity contribution in [1.82, 2.24) is 14.9 Å². The van der Waals surface area contributed by atoms with E-state index in [1.54, 1.807) is 0 Å². The fourth-order valence-electron chi connectivity index (χ4n) is 4.07. The normalized spacial score (nSPS) is 12.7. The number of nitrogens with one attached hydrogen (secondary N) is 1. The third-order valence-corrected chi connectivity index (χ3v) is 5.96. The van der Waals surface area contributed by atoms with Gasteiger partial charge in [0.25, 0.3) is 0 Å². The number of furan rings is 1. The number of para-hydroxylation sites is 2. The molecule has 4 rings (SSSR count). The van der Waals surface area contributed by atoms with Crippen LogP contribution < -0.4 is 5.32 Å². The van der Waals surface area contributed by atoms with E-state index in [4.69, 9.17) is 14.4 Å². The molecule has 0 radical (unpaired) electrons. The molecule has 4 aromatic rings. The molecule has 0 saturated heterocycles. The van der Waals surface area contributed by atoms with Gasteiger partial charge in [-0.15, -0.1) is 0 Å². The van der Waals surface area contributed by atoms with Crippen LogP contribution in [-0.2, 0) is 0 Å². The van der Waals surface area contributed by atoms with E-state index in [0.29, 0.717) is 17.6 Å². The summed E-state index contributed by atoms with van der Waals surface area (Å²) in [6, 6.07) is 16.6. The molecule has 0 amide bonds. The van der Waals surface area contributed by atoms with E-state index < -0.39 is 0 Å². The molecule has 0 aliphatic rings. The van der Waals surface area contributed by atoms with Gasteiger partial charge in [-0.1, -0.05) is 44.2 Å². The minimum Gasteiger partial charge on any atom is -0.453 e. The fraction of sp³-hybridized carbons (Fsp3) is 0.385. The number of hydrogen-bond donors (Lipinski definition) is 1. The predicted molar refractivity (Wildman–Crippen MR) is 130 cm³/mol. The minimum absolute atomic E-state index is 0.317. The Hall–Kier alpha value is -2.92. The van der Waals surface area contributed by atoms with Gasteiger partial charge in [0, 0.05) is 16.8 Å². The minimum atomic E-state index is 0.317. The molecule has 0 spiro atoms. The van der Waals surface area contributed by atoms with Crippen molar-refractivity contribution in [1.29, 1.82) is 0 Å². The van der Waals surface area contributed by atoms with E-state index in [2.05, 4.69) is 56.1 Å². The maximum absolute atomic E-state index is 6.06. The number of aryl methyl sites for hydroxylation is 1. The highest BCUT2D eigenvalue weighted by atomic mass is 16.3. The van der Waals surface area contributed by atoms with Crippen LogP contribution in [0.2, 0.25) is 0 Å². The molecule has 1 unspecified atom stereocenters. The predicted octanol–water partition coefficient (Wildman–Crippen LogP) is 6.27. The Labute approximate surface area is 184 Å². The second kappa shape index (κ2) is 9.48. The third kappa shape index (κ3) is 4.72. The summed E-state index contributed by atoms with van der Waals surface area (Å²) in [5.41, 5.74) is 2.95. The van der Waals surface area contributed by atoms with Gasteiger partial charge >= 0.3 is 0 Å². The highest BCUT2D eigenvalue weighted by Gasteiger charge is 2.16. The number of benzene rings is 2. The van der Waals surface area contributed by atoms with Crippen molar-refractivity contribution in [3.63, 3.8) is 0 Å². The molecule has 1 N–H and O–H groups in total. The quantitative estimate of drug-likeness (QED) is 0.348. The van der Waals surface area contributed by atoms with E-state index in [9.17, 15) is 0 Å². The van der Waals surface area contributed by atoms with E-state index in [-0.39, 0.29) is 0 Å². The second-order valence-corrected chi connectivity index (χ2v) is 8.23. The zero-order chi connectivity index (χ0) is 21.8. The number of hydrogen-bond acceptors (Lipinski definition) is 5. The summed E-state index contributed by atoms with van der Waals surface area (Å²) < 4.78 is 6.06. The van der Waals surface area contributed by atoms with Crippen molar-refractivity contribution in [2.24, 2.45) is 0 Å². The van der Waals surface area contributed by atoms with Crippen molar-refractivity contribution in [2.75, 3.05) is 25.0 Å². The van der Waals surface area contributed by atoms with Gasteiger partial charge in [-0.2, -0.15) is 0 Å². The van der Waals surface area contributed by atoms with Crippen LogP contribution >= 0.6 is 0 Å². The van der Waals surface area contributed by atoms with Crippen LogP contribution in [0, 0.1) is 6.92 Å². The Balaban J connectivity index is 1.63. The highest BCUT2D eigenvalue weighted by Crippen LogP contribution is 2.30. The molecule has 2 heterocycles. The zero-order valence-corrected chi connectivity index (χ0v) is 19.0. The van der Waals surface area contributed by atoms with E-state index in [0.717, 1.165) is 65.7 Å². The second-order valence-electron chi connectivity index (χ2n) is 8.23. The van der Waals surface area contributed by atoms with Gasteiger partial charge in [0.1, 0.15) is 11.4 Å². The van der Waals surface area contributed by atoms with Crippen LogP contribution in [0.5, 0.6) is 0 Å². The standard InChI is InChI=1S/C26H32N4O/c1-5-30(6-2)16-10-12-19(4)27-25-21-14-9-11-18(3)24(21)28-26(29-25)23-17-20-13-7-8-15-22(20)31-23/h7-9,11,13-15,17,19H,5-6,10,12,16H2,1-4H3,(H,27,28,29). The first-order valence-corrected chi connectivity index (χ1v) is 11.3. The molecule has 162 valence electrons. The number of rotatable bonds is 9. The molecule has 31 heavy (non-hydrogen) atoms. The van der Waals surface area contributed by atoms with Gasteiger partial charge in [0.05, 0.1) is 5.52 Å². The van der Waals surface area contributed by atoms with Crippen LogP contribution in [0.4, 0.5) is 5.82 Å². The largest absolute Gasteiger partial charge is 0.453 e. The Morgan fingerprint density at radius 2 is 1.84 bits per heavy atom. The van der Waals surface area contributed by atoms with Crippen LogP contribution in [0.3, 0.4) is 0 Å². The number of anilines is 1. The van der Waals surface area contributed by atoms with Crippen LogP contribution in [-0.4, -0.2) is 40.5 Å². The SMILES string of the molecule is CCN(CC)CCCC(C)Nc1nc(-c2cc3ccccc3o2)nc2c(C)cccc12. The zero-order valence-electron chi connectivity index (χ0n) is 19.0. The van der Waals surface area contributed by atoms with Gasteiger partial charge in [0.2, 0.25) is 0 Å². The molecular weight excluding hydrogens is 384 g/mol. The Kier molecular flexibility index (Phi) is 6.52. The van der Waals surface area contributed by atoms with Crippen LogP contribution in [0.25, 0.3) is 33.5 Å². The first-order chi connectivity index (χ1) is 15.1. The lowest BCUT2D eigenvalue weighted by atomic mass is 10.1. The van der Waals surface area contributed by atoms with Gasteiger partial charge in [-0.3, -0.25) is 0 Å². The summed E-state index contributed by atoms with van der Waals surface area (Å²) in [7, 11) is 0. The van der Waals surface area contributed by atoms with Crippen molar-refractivity contribution < 1.29 is 4.42 Å². The van der Waals surface area contributed by atoms with E-state index >= 15 is 0 Å². The van der Waals surface area contributed by atoms with Crippen LogP contribution in [0.1, 0.15) is 39.2 Å². The molecule has 2 aromatic carbocycles. The maximum atomic E-state index is 6.06. The third-order valence-electron chi connectivity index (χ3n) is 5.96. The summed E-state index contributed by atoms with van der Waals surface area (Å²) in [6.45, 7) is 12.1. The van der Waals surface area contributed by atoms with Gasteiger partial charge < -0.3 is 14.6 Å². The lowest BCUT2D eigenvalue weighted by molar-refractivity contribution is 0.295. The molecule has 5 nitrogen and oxygen atoms in total. The first-order valence-electron chi connectivity index (χ1n) is 11.3. The first kappa shape index (κ1) is 21.3. The summed E-state index contributed by atoms with van der Waals surface area (Å²) >= 11 is 0. The maximum Gasteiger partial charge on any atom is 0.198 e. The molecule has 5 heteroatoms. The molecule has 1 atom stereocenters. The van der Waals surface area contributed by atoms with Gasteiger partial charge in [0.15, 0.2) is 11.6 Å². The Morgan fingerprint density at radius 3 is 2.61 bits per heavy atom. The fourth-order valence-corrected chi connectivity index (χ4v) is 4.07. The number of aromatic nitrogens is 2. The summed E-state index contributed by atoms with van der Waals surface area (Å²) in [5, 5.41) is 5.77. The van der Waals surface area contributed by atoms with Gasteiger partial charge in [-0.25, -0.2) is 9.97 Å². The molecular formula is C26H32N4O. The van der Waals surface area contributed by atoms with Gasteiger partial charge in [-0.05, 0) is 70.1 Å². The van der Waals surface area contributed by atoms with Crippen molar-refractivity contribution >= 4 is 27.7 Å².